The van der Waals surface area contributed by atoms with Crippen LogP contribution in [0.5, 0.6) is 0 Å². The van der Waals surface area contributed by atoms with Crippen molar-refractivity contribution >= 4 is 11.6 Å². The van der Waals surface area contributed by atoms with E-state index in [1.165, 1.54) is 4.90 Å². The Bertz CT molecular complexity index is 580. The molecule has 0 N–H and O–H groups in total. The number of nitro groups is 1. The molecular formula is C13H14F2N2O4. The van der Waals surface area contributed by atoms with Gasteiger partial charge in [-0.15, -0.1) is 0 Å². The third-order valence-corrected chi connectivity index (χ3v) is 3.44. The van der Waals surface area contributed by atoms with E-state index < -0.39 is 33.7 Å². The number of hydrogen-bond donors (Lipinski definition) is 0. The molecule has 1 aromatic carbocycles. The number of benzene rings is 1. The van der Waals surface area contributed by atoms with Crippen molar-refractivity contribution in [1.29, 1.82) is 0 Å². The van der Waals surface area contributed by atoms with Crippen LogP contribution in [0.15, 0.2) is 12.1 Å². The van der Waals surface area contributed by atoms with E-state index in [1.54, 1.807) is 7.11 Å². The van der Waals surface area contributed by atoms with Crippen molar-refractivity contribution in [3.63, 3.8) is 0 Å². The van der Waals surface area contributed by atoms with E-state index in [0.717, 1.165) is 0 Å². The number of nitro benzene ring substituents is 1. The molecule has 1 fully saturated rings. The minimum atomic E-state index is -1.35. The van der Waals surface area contributed by atoms with Gasteiger partial charge >= 0.3 is 0 Å². The Kier molecular flexibility index (Phi) is 4.46. The Morgan fingerprint density at radius 1 is 1.48 bits per heavy atom. The molecule has 21 heavy (non-hydrogen) atoms. The topological polar surface area (TPSA) is 72.7 Å². The predicted molar refractivity (Wildman–Crippen MR) is 68.9 cm³/mol. The van der Waals surface area contributed by atoms with Gasteiger partial charge in [-0.3, -0.25) is 14.9 Å². The van der Waals surface area contributed by atoms with E-state index in [2.05, 4.69) is 0 Å². The summed E-state index contributed by atoms with van der Waals surface area (Å²) in [5, 5.41) is 10.9. The number of hydrogen-bond acceptors (Lipinski definition) is 4. The van der Waals surface area contributed by atoms with Gasteiger partial charge in [-0.25, -0.2) is 8.78 Å². The number of carbonyl (C=O) groups is 1. The van der Waals surface area contributed by atoms with Crippen LogP contribution in [0, 0.1) is 27.7 Å². The van der Waals surface area contributed by atoms with Crippen LogP contribution in [0.25, 0.3) is 0 Å². The summed E-state index contributed by atoms with van der Waals surface area (Å²) >= 11 is 0. The van der Waals surface area contributed by atoms with E-state index in [1.807, 2.05) is 0 Å². The SMILES string of the molecule is COCC1CCN(C(=O)c2cc(F)c(F)cc2[N+](=O)[O-])C1. The molecule has 1 aromatic rings. The predicted octanol–water partition coefficient (Wildman–Crippen LogP) is 1.98. The Morgan fingerprint density at radius 2 is 2.14 bits per heavy atom. The fourth-order valence-corrected chi connectivity index (χ4v) is 2.42. The van der Waals surface area contributed by atoms with Gasteiger partial charge in [0.25, 0.3) is 11.6 Å². The maximum absolute atomic E-state index is 13.3. The van der Waals surface area contributed by atoms with Gasteiger partial charge in [0, 0.05) is 26.1 Å². The summed E-state index contributed by atoms with van der Waals surface area (Å²) in [4.78, 5) is 23.7. The average molecular weight is 300 g/mol. The van der Waals surface area contributed by atoms with Crippen molar-refractivity contribution in [2.24, 2.45) is 5.92 Å². The number of ether oxygens (including phenoxy) is 1. The molecule has 0 aliphatic carbocycles. The summed E-state index contributed by atoms with van der Waals surface area (Å²) in [6.07, 6.45) is 0.705. The maximum Gasteiger partial charge on any atom is 0.285 e. The van der Waals surface area contributed by atoms with Crippen LogP contribution in [0.1, 0.15) is 16.8 Å². The Hall–Kier alpha value is -2.09. The van der Waals surface area contributed by atoms with Gasteiger partial charge in [0.2, 0.25) is 0 Å². The van der Waals surface area contributed by atoms with Crippen LogP contribution >= 0.6 is 0 Å². The lowest BCUT2D eigenvalue weighted by Crippen LogP contribution is -2.30. The molecular weight excluding hydrogens is 286 g/mol. The monoisotopic (exact) mass is 300 g/mol. The Labute approximate surface area is 119 Å². The highest BCUT2D eigenvalue weighted by molar-refractivity contribution is 5.98. The highest BCUT2D eigenvalue weighted by Crippen LogP contribution is 2.26. The fraction of sp³-hybridized carbons (Fsp3) is 0.462. The second-order valence-electron chi connectivity index (χ2n) is 4.90. The number of halogens is 2. The first-order chi connectivity index (χ1) is 9.93. The van der Waals surface area contributed by atoms with Crippen molar-refractivity contribution in [3.05, 3.63) is 39.4 Å². The van der Waals surface area contributed by atoms with Crippen molar-refractivity contribution in [1.82, 2.24) is 4.90 Å². The number of methoxy groups -OCH3 is 1. The van der Waals surface area contributed by atoms with Gasteiger partial charge in [-0.2, -0.15) is 0 Å². The van der Waals surface area contributed by atoms with Crippen LogP contribution in [0.2, 0.25) is 0 Å². The number of nitrogens with zero attached hydrogens (tertiary/aromatic N) is 2. The molecule has 1 saturated heterocycles. The van der Waals surface area contributed by atoms with Gasteiger partial charge in [0.15, 0.2) is 11.6 Å². The first-order valence-corrected chi connectivity index (χ1v) is 6.35. The van der Waals surface area contributed by atoms with Gasteiger partial charge < -0.3 is 9.64 Å². The Morgan fingerprint density at radius 3 is 2.76 bits per heavy atom. The third kappa shape index (κ3) is 3.15. The molecule has 1 unspecified atom stereocenters. The standard InChI is InChI=1S/C13H14F2N2O4/c1-21-7-8-2-3-16(6-8)13(18)9-4-10(14)11(15)5-12(9)17(19)20/h4-5,8H,2-3,6-7H2,1H3. The molecule has 114 valence electrons. The van der Waals surface area contributed by atoms with Crippen LogP contribution in [-0.4, -0.2) is 42.5 Å². The van der Waals surface area contributed by atoms with E-state index >= 15 is 0 Å². The number of carbonyl (C=O) groups excluding carboxylic acids is 1. The zero-order valence-corrected chi connectivity index (χ0v) is 11.3. The van der Waals surface area contributed by atoms with Crippen LogP contribution in [0.4, 0.5) is 14.5 Å². The fourth-order valence-electron chi connectivity index (χ4n) is 2.42. The Balaban J connectivity index is 2.27. The maximum atomic E-state index is 13.3. The van der Waals surface area contributed by atoms with Gasteiger partial charge in [0.05, 0.1) is 17.6 Å². The van der Waals surface area contributed by atoms with E-state index in [0.29, 0.717) is 38.2 Å². The van der Waals surface area contributed by atoms with Gasteiger partial charge in [-0.05, 0) is 12.5 Å². The summed E-state index contributed by atoms with van der Waals surface area (Å²) in [7, 11) is 1.55. The summed E-state index contributed by atoms with van der Waals surface area (Å²) < 4.78 is 31.4. The first-order valence-electron chi connectivity index (χ1n) is 6.35. The van der Waals surface area contributed by atoms with E-state index in [-0.39, 0.29) is 5.92 Å². The normalized spacial score (nSPS) is 18.0. The molecule has 1 amide bonds. The largest absolute Gasteiger partial charge is 0.384 e. The lowest BCUT2D eigenvalue weighted by molar-refractivity contribution is -0.385. The van der Waals surface area contributed by atoms with Gasteiger partial charge in [-0.1, -0.05) is 0 Å². The third-order valence-electron chi connectivity index (χ3n) is 3.44. The number of amides is 1. The molecule has 0 aromatic heterocycles. The first kappa shape index (κ1) is 15.3. The minimum absolute atomic E-state index is 0.142. The van der Waals surface area contributed by atoms with E-state index in [4.69, 9.17) is 4.74 Å². The zero-order chi connectivity index (χ0) is 15.6. The van der Waals surface area contributed by atoms with Crippen LogP contribution in [-0.2, 0) is 4.74 Å². The number of likely N-dealkylation sites (tertiary alicyclic amines) is 1. The molecule has 0 spiro atoms. The highest BCUT2D eigenvalue weighted by atomic mass is 19.2. The average Bonchev–Trinajstić information content (AvgIpc) is 2.89. The minimum Gasteiger partial charge on any atom is -0.384 e. The lowest BCUT2D eigenvalue weighted by Gasteiger charge is -2.16. The summed E-state index contributed by atoms with van der Waals surface area (Å²) in [5.74, 6) is -3.16. The molecule has 0 bridgehead atoms. The molecule has 2 rings (SSSR count). The molecule has 1 atom stereocenters. The molecule has 0 radical (unpaired) electrons. The van der Waals surface area contributed by atoms with Crippen LogP contribution in [0.3, 0.4) is 0 Å². The molecule has 1 aliphatic rings. The van der Waals surface area contributed by atoms with Gasteiger partial charge in [0.1, 0.15) is 5.56 Å². The molecule has 1 heterocycles. The molecule has 0 saturated carbocycles. The highest BCUT2D eigenvalue weighted by Gasteiger charge is 2.32. The van der Waals surface area contributed by atoms with Crippen LogP contribution < -0.4 is 0 Å². The lowest BCUT2D eigenvalue weighted by atomic mass is 10.1. The van der Waals surface area contributed by atoms with Crippen molar-refractivity contribution in [3.8, 4) is 0 Å². The smallest absolute Gasteiger partial charge is 0.285 e. The second-order valence-corrected chi connectivity index (χ2v) is 4.90. The molecule has 6 nitrogen and oxygen atoms in total. The van der Waals surface area contributed by atoms with Crippen molar-refractivity contribution in [2.75, 3.05) is 26.8 Å². The molecule has 8 heteroatoms. The second kappa shape index (κ2) is 6.13. The van der Waals surface area contributed by atoms with Crippen molar-refractivity contribution < 1.29 is 23.2 Å². The summed E-state index contributed by atoms with van der Waals surface area (Å²) in [6.45, 7) is 1.26. The summed E-state index contributed by atoms with van der Waals surface area (Å²) in [6, 6.07) is 1.02. The van der Waals surface area contributed by atoms with E-state index in [9.17, 15) is 23.7 Å². The molecule has 1 aliphatic heterocycles. The summed E-state index contributed by atoms with van der Waals surface area (Å²) in [5.41, 5.74) is -1.16. The zero-order valence-electron chi connectivity index (χ0n) is 11.3. The quantitative estimate of drug-likeness (QED) is 0.629. The van der Waals surface area contributed by atoms with Crippen molar-refractivity contribution in [2.45, 2.75) is 6.42 Å². The number of rotatable bonds is 4.